The van der Waals surface area contributed by atoms with Crippen molar-refractivity contribution in [2.75, 3.05) is 19.9 Å². The van der Waals surface area contributed by atoms with Gasteiger partial charge in [-0.3, -0.25) is 4.79 Å². The first kappa shape index (κ1) is 16.7. The number of rotatable bonds is 6. The third-order valence-corrected chi connectivity index (χ3v) is 4.24. The Morgan fingerprint density at radius 1 is 1.23 bits per heavy atom. The van der Waals surface area contributed by atoms with Gasteiger partial charge in [0.15, 0.2) is 0 Å². The van der Waals surface area contributed by atoms with Crippen LogP contribution in [0.2, 0.25) is 5.02 Å². The lowest BCUT2D eigenvalue weighted by Gasteiger charge is -2.10. The first-order chi connectivity index (χ1) is 10.6. The van der Waals surface area contributed by atoms with Crippen LogP contribution >= 0.6 is 23.4 Å². The maximum Gasteiger partial charge on any atom is 0.255 e. The summed E-state index contributed by atoms with van der Waals surface area (Å²) in [5, 5.41) is 3.41. The van der Waals surface area contributed by atoms with E-state index in [1.165, 1.54) is 17.6 Å². The average molecular weight is 336 g/mol. The van der Waals surface area contributed by atoms with Crippen LogP contribution in [0, 0.1) is 0 Å². The highest BCUT2D eigenvalue weighted by Crippen LogP contribution is 2.22. The third kappa shape index (κ3) is 4.42. The van der Waals surface area contributed by atoms with E-state index in [-0.39, 0.29) is 5.91 Å². The molecule has 0 fully saturated rings. The molecular weight excluding hydrogens is 318 g/mol. The van der Waals surface area contributed by atoms with Gasteiger partial charge in [0.05, 0.1) is 12.7 Å². The summed E-state index contributed by atoms with van der Waals surface area (Å²) in [6.45, 7) is 0.563. The van der Waals surface area contributed by atoms with E-state index < -0.39 is 0 Å². The van der Waals surface area contributed by atoms with Gasteiger partial charge in [0.25, 0.3) is 5.91 Å². The van der Waals surface area contributed by atoms with Crippen LogP contribution in [0.15, 0.2) is 47.4 Å². The van der Waals surface area contributed by atoms with E-state index in [4.69, 9.17) is 16.3 Å². The van der Waals surface area contributed by atoms with Crippen LogP contribution in [0.25, 0.3) is 0 Å². The summed E-state index contributed by atoms with van der Waals surface area (Å²) in [5.41, 5.74) is 1.64. The minimum Gasteiger partial charge on any atom is -0.496 e. The summed E-state index contributed by atoms with van der Waals surface area (Å²) in [4.78, 5) is 13.4. The molecule has 5 heteroatoms. The van der Waals surface area contributed by atoms with Crippen LogP contribution in [0.3, 0.4) is 0 Å². The number of carbonyl (C=O) groups excluding carboxylic acids is 1. The molecule has 0 aliphatic heterocycles. The number of benzene rings is 2. The molecule has 0 heterocycles. The molecule has 2 aromatic rings. The molecule has 1 amide bonds. The lowest BCUT2D eigenvalue weighted by atomic mass is 10.1. The molecule has 2 rings (SSSR count). The molecule has 2 aromatic carbocycles. The number of carbonyl (C=O) groups is 1. The first-order valence-corrected chi connectivity index (χ1v) is 8.49. The number of methoxy groups -OCH3 is 1. The Balaban J connectivity index is 1.93. The van der Waals surface area contributed by atoms with Crippen molar-refractivity contribution < 1.29 is 9.53 Å². The van der Waals surface area contributed by atoms with Crippen molar-refractivity contribution in [1.29, 1.82) is 0 Å². The molecule has 0 aromatic heterocycles. The molecule has 0 saturated carbocycles. The van der Waals surface area contributed by atoms with Crippen molar-refractivity contribution in [2.24, 2.45) is 0 Å². The van der Waals surface area contributed by atoms with E-state index in [0.717, 1.165) is 6.42 Å². The van der Waals surface area contributed by atoms with Crippen LogP contribution < -0.4 is 10.1 Å². The van der Waals surface area contributed by atoms with Crippen molar-refractivity contribution >= 4 is 29.3 Å². The maximum absolute atomic E-state index is 12.2. The zero-order valence-electron chi connectivity index (χ0n) is 12.6. The fourth-order valence-electron chi connectivity index (χ4n) is 2.07. The molecule has 0 spiro atoms. The van der Waals surface area contributed by atoms with Gasteiger partial charge in [-0.25, -0.2) is 0 Å². The van der Waals surface area contributed by atoms with Gasteiger partial charge in [0.1, 0.15) is 5.75 Å². The van der Waals surface area contributed by atoms with Crippen molar-refractivity contribution in [3.05, 3.63) is 58.6 Å². The smallest absolute Gasteiger partial charge is 0.255 e. The Hall–Kier alpha value is -1.65. The Morgan fingerprint density at radius 2 is 1.95 bits per heavy atom. The van der Waals surface area contributed by atoms with Gasteiger partial charge in [0, 0.05) is 16.5 Å². The number of amides is 1. The summed E-state index contributed by atoms with van der Waals surface area (Å²) in [7, 11) is 1.54. The number of nitrogens with one attached hydrogen (secondary N) is 1. The predicted octanol–water partition coefficient (Wildman–Crippen LogP) is 4.04. The molecule has 0 atom stereocenters. The Kier molecular flexibility index (Phi) is 6.16. The van der Waals surface area contributed by atoms with Gasteiger partial charge in [-0.05, 0) is 48.6 Å². The number of hydrogen-bond donors (Lipinski definition) is 1. The Bertz CT molecular complexity index is 644. The molecular formula is C17H18ClNO2S. The summed E-state index contributed by atoms with van der Waals surface area (Å²) in [6.07, 6.45) is 2.83. The fraction of sp³-hybridized carbons (Fsp3) is 0.235. The number of ether oxygens (including phenoxy) is 1. The molecule has 0 radical (unpaired) electrons. The monoisotopic (exact) mass is 335 g/mol. The van der Waals surface area contributed by atoms with E-state index >= 15 is 0 Å². The molecule has 0 unspecified atom stereocenters. The van der Waals surface area contributed by atoms with Crippen LogP contribution in [0.1, 0.15) is 15.9 Å². The molecule has 22 heavy (non-hydrogen) atoms. The van der Waals surface area contributed by atoms with Crippen LogP contribution in [0.5, 0.6) is 5.75 Å². The van der Waals surface area contributed by atoms with E-state index in [1.54, 1.807) is 30.0 Å². The van der Waals surface area contributed by atoms with Gasteiger partial charge >= 0.3 is 0 Å². The van der Waals surface area contributed by atoms with Crippen LogP contribution in [-0.2, 0) is 6.42 Å². The molecule has 0 saturated heterocycles. The minimum atomic E-state index is -0.180. The number of halogens is 1. The van der Waals surface area contributed by atoms with Gasteiger partial charge in [-0.2, -0.15) is 0 Å². The van der Waals surface area contributed by atoms with E-state index in [1.807, 2.05) is 6.26 Å². The lowest BCUT2D eigenvalue weighted by Crippen LogP contribution is -2.26. The number of thioether (sulfide) groups is 1. The predicted molar refractivity (Wildman–Crippen MR) is 92.3 cm³/mol. The van der Waals surface area contributed by atoms with Crippen LogP contribution in [0.4, 0.5) is 0 Å². The van der Waals surface area contributed by atoms with E-state index in [9.17, 15) is 4.79 Å². The van der Waals surface area contributed by atoms with Crippen molar-refractivity contribution in [2.45, 2.75) is 11.3 Å². The summed E-state index contributed by atoms with van der Waals surface area (Å²) < 4.78 is 5.19. The van der Waals surface area contributed by atoms with Crippen molar-refractivity contribution in [3.63, 3.8) is 0 Å². The largest absolute Gasteiger partial charge is 0.496 e. The standard InChI is InChI=1S/C17H18ClNO2S/c1-21-16-8-5-13(18)11-15(16)17(20)19-10-9-12-3-6-14(22-2)7-4-12/h3-8,11H,9-10H2,1-2H3,(H,19,20). The highest BCUT2D eigenvalue weighted by molar-refractivity contribution is 7.98. The molecule has 116 valence electrons. The Morgan fingerprint density at radius 3 is 2.59 bits per heavy atom. The quantitative estimate of drug-likeness (QED) is 0.809. The minimum absolute atomic E-state index is 0.180. The van der Waals surface area contributed by atoms with Crippen molar-refractivity contribution in [3.8, 4) is 5.75 Å². The van der Waals surface area contributed by atoms with Gasteiger partial charge in [0.2, 0.25) is 0 Å². The highest BCUT2D eigenvalue weighted by atomic mass is 35.5. The third-order valence-electron chi connectivity index (χ3n) is 3.26. The molecule has 0 aliphatic rings. The lowest BCUT2D eigenvalue weighted by molar-refractivity contribution is 0.0951. The van der Waals surface area contributed by atoms with Crippen LogP contribution in [-0.4, -0.2) is 25.8 Å². The van der Waals surface area contributed by atoms with Gasteiger partial charge in [-0.15, -0.1) is 11.8 Å². The highest BCUT2D eigenvalue weighted by Gasteiger charge is 2.12. The molecule has 0 aliphatic carbocycles. The average Bonchev–Trinajstić information content (AvgIpc) is 2.55. The van der Waals surface area contributed by atoms with Crippen molar-refractivity contribution in [1.82, 2.24) is 5.32 Å². The zero-order valence-corrected chi connectivity index (χ0v) is 14.1. The van der Waals surface area contributed by atoms with Gasteiger partial charge in [-0.1, -0.05) is 23.7 Å². The Labute approximate surface area is 140 Å². The molecule has 0 bridgehead atoms. The maximum atomic E-state index is 12.2. The summed E-state index contributed by atoms with van der Waals surface area (Å²) >= 11 is 7.65. The fourth-order valence-corrected chi connectivity index (χ4v) is 2.65. The van der Waals surface area contributed by atoms with E-state index in [2.05, 4.69) is 29.6 Å². The molecule has 3 nitrogen and oxygen atoms in total. The second-order valence-electron chi connectivity index (χ2n) is 4.70. The first-order valence-electron chi connectivity index (χ1n) is 6.88. The SMILES string of the molecule is COc1ccc(Cl)cc1C(=O)NCCc1ccc(SC)cc1. The second-order valence-corrected chi connectivity index (χ2v) is 6.01. The van der Waals surface area contributed by atoms with E-state index in [0.29, 0.717) is 22.9 Å². The number of hydrogen-bond acceptors (Lipinski definition) is 3. The topological polar surface area (TPSA) is 38.3 Å². The zero-order chi connectivity index (χ0) is 15.9. The summed E-state index contributed by atoms with van der Waals surface area (Å²) in [6, 6.07) is 13.3. The molecule has 1 N–H and O–H groups in total. The summed E-state index contributed by atoms with van der Waals surface area (Å²) in [5.74, 6) is 0.339. The normalized spacial score (nSPS) is 10.3. The second kappa shape index (κ2) is 8.11. The van der Waals surface area contributed by atoms with Gasteiger partial charge < -0.3 is 10.1 Å².